The van der Waals surface area contributed by atoms with Gasteiger partial charge in [0, 0.05) is 23.8 Å². The van der Waals surface area contributed by atoms with Crippen LogP contribution in [0.15, 0.2) is 35.6 Å². The Bertz CT molecular complexity index is 1250. The van der Waals surface area contributed by atoms with Gasteiger partial charge in [0.25, 0.3) is 5.91 Å². The molecule has 1 aromatic carbocycles. The zero-order valence-electron chi connectivity index (χ0n) is 18.4. The molecule has 3 aromatic rings. The predicted octanol–water partition coefficient (Wildman–Crippen LogP) is 4.32. The molecule has 3 heterocycles. The maximum Gasteiger partial charge on any atom is 0.318 e. The number of ether oxygens (including phenoxy) is 1. The van der Waals surface area contributed by atoms with Gasteiger partial charge in [-0.15, -0.1) is 5.10 Å². The summed E-state index contributed by atoms with van der Waals surface area (Å²) < 4.78 is 23.7. The minimum Gasteiger partial charge on any atom is -0.467 e. The van der Waals surface area contributed by atoms with E-state index >= 15 is 0 Å². The number of nitrogens with one attached hydrogen (secondary N) is 1. The van der Waals surface area contributed by atoms with Gasteiger partial charge in [-0.2, -0.15) is 0 Å². The van der Waals surface area contributed by atoms with Crippen molar-refractivity contribution < 1.29 is 13.9 Å². The van der Waals surface area contributed by atoms with Gasteiger partial charge < -0.3 is 10.1 Å². The first-order valence-corrected chi connectivity index (χ1v) is 11.7. The Morgan fingerprint density at radius 1 is 1.33 bits per heavy atom. The number of hydrogen-bond acceptors (Lipinski definition) is 6. The second kappa shape index (κ2) is 9.72. The number of fused-ring (bicyclic) bond motifs is 1. The number of halogens is 3. The van der Waals surface area contributed by atoms with E-state index in [0.717, 1.165) is 5.56 Å². The molecular formula is C22H23ClFIN6O2. The zero-order chi connectivity index (χ0) is 23.7. The lowest BCUT2D eigenvalue weighted by Gasteiger charge is -2.29. The van der Waals surface area contributed by atoms with E-state index in [-0.39, 0.29) is 12.5 Å². The number of methoxy groups -OCH3 is 1. The summed E-state index contributed by atoms with van der Waals surface area (Å²) in [5.41, 5.74) is 3.59. The highest BCUT2D eigenvalue weighted by atomic mass is 127. The molecule has 0 fully saturated rings. The van der Waals surface area contributed by atoms with Gasteiger partial charge in [-0.05, 0) is 36.6 Å². The Morgan fingerprint density at radius 2 is 2.12 bits per heavy atom. The highest BCUT2D eigenvalue weighted by Crippen LogP contribution is 2.24. The molecule has 1 amide bonds. The Hall–Kier alpha value is -2.60. The van der Waals surface area contributed by atoms with Crippen molar-refractivity contribution in [3.05, 3.63) is 63.8 Å². The van der Waals surface area contributed by atoms with Crippen molar-refractivity contribution in [2.24, 2.45) is 5.10 Å². The maximum absolute atomic E-state index is 14.9. The van der Waals surface area contributed by atoms with Crippen molar-refractivity contribution in [2.45, 2.75) is 26.8 Å². The molecule has 0 atom stereocenters. The van der Waals surface area contributed by atoms with Crippen LogP contribution < -0.4 is 10.3 Å². The lowest BCUT2D eigenvalue weighted by molar-refractivity contribution is 0.0944. The van der Waals surface area contributed by atoms with Crippen LogP contribution in [0, 0.1) is 12.7 Å². The standard InChI is InChI=1S/C22H23ClFIN6O2/c1-4-17-20(29-12-13(2)15(23)10-19(29)27-17)21(32)26-11-14-5-6-18(16(24)9-14)31-8-7-30(25)22(28-31)33-3/h5-6,9-10,12H,4,7-8,11H2,1-3H3,(H,26,32). The molecule has 33 heavy (non-hydrogen) atoms. The first kappa shape index (κ1) is 23.6. The monoisotopic (exact) mass is 584 g/mol. The molecule has 0 radical (unpaired) electrons. The topological polar surface area (TPSA) is 74.5 Å². The molecule has 0 saturated heterocycles. The first-order chi connectivity index (χ1) is 15.8. The maximum atomic E-state index is 14.9. The number of hydrazone groups is 1. The van der Waals surface area contributed by atoms with Crippen molar-refractivity contribution in [1.82, 2.24) is 17.8 Å². The average Bonchev–Trinajstić information content (AvgIpc) is 3.15. The number of imidazole rings is 1. The quantitative estimate of drug-likeness (QED) is 0.357. The molecule has 4 rings (SSSR count). The number of aromatic nitrogens is 2. The van der Waals surface area contributed by atoms with E-state index in [1.54, 1.807) is 33.8 Å². The Labute approximate surface area is 209 Å². The Morgan fingerprint density at radius 3 is 2.82 bits per heavy atom. The normalized spacial score (nSPS) is 13.9. The number of aryl methyl sites for hydroxylation is 2. The van der Waals surface area contributed by atoms with Gasteiger partial charge in [0.15, 0.2) is 0 Å². The summed E-state index contributed by atoms with van der Waals surface area (Å²) in [6.45, 7) is 5.16. The summed E-state index contributed by atoms with van der Waals surface area (Å²) in [7, 11) is 1.53. The van der Waals surface area contributed by atoms with E-state index in [1.165, 1.54) is 13.2 Å². The van der Waals surface area contributed by atoms with Gasteiger partial charge in [0.1, 0.15) is 17.2 Å². The van der Waals surface area contributed by atoms with E-state index < -0.39 is 5.82 Å². The minimum absolute atomic E-state index is 0.174. The second-order valence-electron chi connectivity index (χ2n) is 7.56. The lowest BCUT2D eigenvalue weighted by Crippen LogP contribution is -2.39. The molecule has 0 aliphatic carbocycles. The first-order valence-electron chi connectivity index (χ1n) is 10.4. The molecular weight excluding hydrogens is 562 g/mol. The van der Waals surface area contributed by atoms with Crippen LogP contribution in [-0.4, -0.2) is 44.6 Å². The van der Waals surface area contributed by atoms with Gasteiger partial charge in [-0.3, -0.25) is 17.3 Å². The fourth-order valence-electron chi connectivity index (χ4n) is 3.63. The fraction of sp³-hybridized carbons (Fsp3) is 0.318. The second-order valence-corrected chi connectivity index (χ2v) is 9.13. The van der Waals surface area contributed by atoms with Gasteiger partial charge in [0.05, 0.1) is 54.4 Å². The number of anilines is 1. The highest BCUT2D eigenvalue weighted by molar-refractivity contribution is 14.1. The van der Waals surface area contributed by atoms with Crippen molar-refractivity contribution in [2.75, 3.05) is 25.2 Å². The van der Waals surface area contributed by atoms with Crippen LogP contribution in [0.4, 0.5) is 10.1 Å². The number of carbonyl (C=O) groups excluding carboxylic acids is 1. The minimum atomic E-state index is -0.419. The summed E-state index contributed by atoms with van der Waals surface area (Å²) in [6, 6.07) is 7.00. The van der Waals surface area contributed by atoms with E-state index in [1.807, 2.05) is 17.0 Å². The van der Waals surface area contributed by atoms with Gasteiger partial charge in [0.2, 0.25) is 0 Å². The number of rotatable bonds is 5. The molecule has 0 spiro atoms. The van der Waals surface area contributed by atoms with Crippen LogP contribution in [0.5, 0.6) is 0 Å². The van der Waals surface area contributed by atoms with E-state index in [4.69, 9.17) is 16.3 Å². The number of amides is 1. The summed E-state index contributed by atoms with van der Waals surface area (Å²) in [5.74, 6) is -0.699. The van der Waals surface area contributed by atoms with Crippen molar-refractivity contribution >= 4 is 57.7 Å². The number of benzene rings is 1. The smallest absolute Gasteiger partial charge is 0.318 e. The van der Waals surface area contributed by atoms with Gasteiger partial charge >= 0.3 is 6.02 Å². The number of carbonyl (C=O) groups is 1. The number of pyridine rings is 1. The van der Waals surface area contributed by atoms with Crippen molar-refractivity contribution in [3.8, 4) is 0 Å². The zero-order valence-corrected chi connectivity index (χ0v) is 21.3. The Kier molecular flexibility index (Phi) is 6.94. The highest BCUT2D eigenvalue weighted by Gasteiger charge is 2.22. The third-order valence-electron chi connectivity index (χ3n) is 5.36. The van der Waals surface area contributed by atoms with Crippen LogP contribution in [0.3, 0.4) is 0 Å². The number of nitrogens with zero attached hydrogens (tertiary/aromatic N) is 5. The fourth-order valence-corrected chi connectivity index (χ4v) is 4.29. The van der Waals surface area contributed by atoms with Gasteiger partial charge in [-0.1, -0.05) is 24.6 Å². The lowest BCUT2D eigenvalue weighted by atomic mass is 10.1. The molecule has 174 valence electrons. The number of hydrogen-bond donors (Lipinski definition) is 1. The summed E-state index contributed by atoms with van der Waals surface area (Å²) in [6.07, 6.45) is 2.40. The largest absolute Gasteiger partial charge is 0.467 e. The molecule has 0 saturated carbocycles. The molecule has 0 bridgehead atoms. The molecule has 11 heteroatoms. The van der Waals surface area contributed by atoms with Crippen LogP contribution in [0.25, 0.3) is 5.65 Å². The molecule has 1 aliphatic rings. The third kappa shape index (κ3) is 4.72. The van der Waals surface area contributed by atoms with E-state index in [2.05, 4.69) is 38.3 Å². The molecule has 2 aromatic heterocycles. The molecule has 1 aliphatic heterocycles. The summed E-state index contributed by atoms with van der Waals surface area (Å²) in [4.78, 5) is 17.6. The van der Waals surface area contributed by atoms with Crippen molar-refractivity contribution in [3.63, 3.8) is 0 Å². The van der Waals surface area contributed by atoms with Crippen LogP contribution in [0.2, 0.25) is 5.02 Å². The van der Waals surface area contributed by atoms with Crippen LogP contribution >= 0.6 is 34.5 Å². The predicted molar refractivity (Wildman–Crippen MR) is 134 cm³/mol. The van der Waals surface area contributed by atoms with E-state index in [0.29, 0.717) is 58.8 Å². The average molecular weight is 585 g/mol. The summed E-state index contributed by atoms with van der Waals surface area (Å²) >= 11 is 8.31. The molecule has 1 N–H and O–H groups in total. The van der Waals surface area contributed by atoms with Crippen molar-refractivity contribution in [1.29, 1.82) is 0 Å². The van der Waals surface area contributed by atoms with Crippen LogP contribution in [0.1, 0.15) is 34.2 Å². The van der Waals surface area contributed by atoms with E-state index in [9.17, 15) is 9.18 Å². The summed E-state index contributed by atoms with van der Waals surface area (Å²) in [5, 5.41) is 9.38. The SMILES string of the molecule is CCc1nc2cc(Cl)c(C)cn2c1C(=O)NCc1ccc(N2CCN(I)C(OC)=N2)c(F)c1. The third-order valence-corrected chi connectivity index (χ3v) is 6.67. The van der Waals surface area contributed by atoms with Crippen LogP contribution in [-0.2, 0) is 17.7 Å². The number of amidine groups is 1. The Balaban J connectivity index is 1.52. The van der Waals surface area contributed by atoms with Gasteiger partial charge in [-0.25, -0.2) is 9.37 Å². The molecule has 8 nitrogen and oxygen atoms in total. The molecule has 0 unspecified atom stereocenters.